The average Bonchev–Trinajstić information content (AvgIpc) is 3.30. The molecule has 1 aromatic carbocycles. The van der Waals surface area contributed by atoms with Crippen molar-refractivity contribution >= 4 is 0 Å². The molecule has 4 nitrogen and oxygen atoms in total. The van der Waals surface area contributed by atoms with Gasteiger partial charge in [-0.05, 0) is 43.5 Å². The third kappa shape index (κ3) is 2.96. The molecule has 0 radical (unpaired) electrons. The van der Waals surface area contributed by atoms with Crippen molar-refractivity contribution in [3.63, 3.8) is 0 Å². The van der Waals surface area contributed by atoms with Crippen LogP contribution >= 0.6 is 0 Å². The topological polar surface area (TPSA) is 47.0 Å². The lowest BCUT2D eigenvalue weighted by Crippen LogP contribution is -2.15. The van der Waals surface area contributed by atoms with E-state index in [2.05, 4.69) is 21.4 Å². The number of hydrogen-bond acceptors (Lipinski definition) is 4. The van der Waals surface area contributed by atoms with Crippen molar-refractivity contribution in [3.05, 3.63) is 41.7 Å². The Balaban J connectivity index is 1.74. The molecule has 1 aliphatic rings. The molecule has 0 atom stereocenters. The molecule has 4 heteroatoms. The number of hydrogen-bond donors (Lipinski definition) is 1. The van der Waals surface area contributed by atoms with Crippen molar-refractivity contribution in [2.75, 3.05) is 7.11 Å². The zero-order valence-electron chi connectivity index (χ0n) is 11.9. The Morgan fingerprint density at radius 2 is 2.00 bits per heavy atom. The van der Waals surface area contributed by atoms with Crippen LogP contribution in [0.1, 0.15) is 24.0 Å². The van der Waals surface area contributed by atoms with Gasteiger partial charge in [0.1, 0.15) is 5.75 Å². The van der Waals surface area contributed by atoms with Crippen LogP contribution in [-0.2, 0) is 6.54 Å². The number of aryl methyl sites for hydroxylation is 1. The maximum absolute atomic E-state index is 5.27. The van der Waals surface area contributed by atoms with Gasteiger partial charge in [-0.3, -0.25) is 0 Å². The van der Waals surface area contributed by atoms with Gasteiger partial charge in [-0.15, -0.1) is 0 Å². The summed E-state index contributed by atoms with van der Waals surface area (Å²) < 4.78 is 5.27. The Morgan fingerprint density at radius 1 is 1.25 bits per heavy atom. The van der Waals surface area contributed by atoms with Gasteiger partial charge in [0.25, 0.3) is 0 Å². The largest absolute Gasteiger partial charge is 0.496 e. The molecule has 1 N–H and O–H groups in total. The molecule has 104 valence electrons. The minimum Gasteiger partial charge on any atom is -0.496 e. The summed E-state index contributed by atoms with van der Waals surface area (Å²) in [5, 5.41) is 3.46. The Labute approximate surface area is 119 Å². The number of ether oxygens (including phenoxy) is 1. The van der Waals surface area contributed by atoms with E-state index in [9.17, 15) is 0 Å². The normalized spacial score (nSPS) is 14.3. The van der Waals surface area contributed by atoms with E-state index in [4.69, 9.17) is 4.74 Å². The minimum atomic E-state index is 0.707. The highest BCUT2D eigenvalue weighted by atomic mass is 16.5. The third-order valence-electron chi connectivity index (χ3n) is 3.53. The van der Waals surface area contributed by atoms with Gasteiger partial charge in [-0.2, -0.15) is 0 Å². The summed E-state index contributed by atoms with van der Waals surface area (Å²) >= 11 is 0. The van der Waals surface area contributed by atoms with E-state index in [1.54, 1.807) is 7.11 Å². The van der Waals surface area contributed by atoms with Crippen molar-refractivity contribution in [2.24, 2.45) is 0 Å². The lowest BCUT2D eigenvalue weighted by molar-refractivity contribution is 0.412. The maximum atomic E-state index is 5.27. The van der Waals surface area contributed by atoms with Crippen LogP contribution in [0.4, 0.5) is 0 Å². The number of nitrogens with one attached hydrogen (secondary N) is 1. The van der Waals surface area contributed by atoms with Gasteiger partial charge < -0.3 is 10.1 Å². The second kappa shape index (κ2) is 5.59. The molecule has 1 saturated carbocycles. The Kier molecular flexibility index (Phi) is 3.65. The van der Waals surface area contributed by atoms with Crippen LogP contribution in [0.25, 0.3) is 11.4 Å². The van der Waals surface area contributed by atoms with Gasteiger partial charge in [-0.25, -0.2) is 9.97 Å². The molecule has 3 rings (SSSR count). The summed E-state index contributed by atoms with van der Waals surface area (Å²) in [5.74, 6) is 1.64. The smallest absolute Gasteiger partial charge is 0.159 e. The van der Waals surface area contributed by atoms with E-state index >= 15 is 0 Å². The minimum absolute atomic E-state index is 0.707. The van der Waals surface area contributed by atoms with E-state index in [0.29, 0.717) is 6.04 Å². The number of aromatic nitrogens is 2. The Hall–Kier alpha value is -1.94. The molecule has 0 unspecified atom stereocenters. The van der Waals surface area contributed by atoms with Crippen molar-refractivity contribution in [2.45, 2.75) is 32.4 Å². The van der Waals surface area contributed by atoms with Crippen molar-refractivity contribution < 1.29 is 4.74 Å². The summed E-state index contributed by atoms with van der Waals surface area (Å²) in [4.78, 5) is 8.90. The van der Waals surface area contributed by atoms with Crippen molar-refractivity contribution in [3.8, 4) is 17.1 Å². The molecular formula is C16H19N3O. The SMILES string of the molecule is COc1ccc(-c2ncc(CNC3CC3)cn2)cc1C. The van der Waals surface area contributed by atoms with Gasteiger partial charge in [0.2, 0.25) is 0 Å². The molecule has 2 aromatic rings. The molecule has 0 saturated heterocycles. The molecule has 1 fully saturated rings. The number of rotatable bonds is 5. The van der Waals surface area contributed by atoms with E-state index < -0.39 is 0 Å². The molecular weight excluding hydrogens is 250 g/mol. The fourth-order valence-electron chi connectivity index (χ4n) is 2.16. The molecule has 0 bridgehead atoms. The highest BCUT2D eigenvalue weighted by molar-refractivity contribution is 5.58. The first-order valence-corrected chi connectivity index (χ1v) is 6.95. The Bertz CT molecular complexity index is 591. The quantitative estimate of drug-likeness (QED) is 0.906. The average molecular weight is 269 g/mol. The first-order valence-electron chi connectivity index (χ1n) is 6.95. The second-order valence-electron chi connectivity index (χ2n) is 5.25. The third-order valence-corrected chi connectivity index (χ3v) is 3.53. The van der Waals surface area contributed by atoms with Crippen LogP contribution in [0.5, 0.6) is 5.75 Å². The molecule has 1 aromatic heterocycles. The Morgan fingerprint density at radius 3 is 2.60 bits per heavy atom. The molecule has 0 amide bonds. The summed E-state index contributed by atoms with van der Waals surface area (Å²) in [6.07, 6.45) is 6.39. The molecule has 1 aliphatic carbocycles. The van der Waals surface area contributed by atoms with Crippen LogP contribution in [0, 0.1) is 6.92 Å². The van der Waals surface area contributed by atoms with E-state index in [0.717, 1.165) is 34.8 Å². The summed E-state index contributed by atoms with van der Waals surface area (Å²) in [5.41, 5.74) is 3.24. The molecule has 20 heavy (non-hydrogen) atoms. The number of benzene rings is 1. The molecule has 0 aliphatic heterocycles. The van der Waals surface area contributed by atoms with Crippen molar-refractivity contribution in [1.82, 2.24) is 15.3 Å². The number of methoxy groups -OCH3 is 1. The van der Waals surface area contributed by atoms with Crippen LogP contribution in [-0.4, -0.2) is 23.1 Å². The highest BCUT2D eigenvalue weighted by Gasteiger charge is 2.19. The zero-order valence-corrected chi connectivity index (χ0v) is 11.9. The van der Waals surface area contributed by atoms with Crippen LogP contribution in [0.15, 0.2) is 30.6 Å². The van der Waals surface area contributed by atoms with E-state index in [1.807, 2.05) is 31.5 Å². The lowest BCUT2D eigenvalue weighted by Gasteiger charge is -2.07. The van der Waals surface area contributed by atoms with E-state index in [-0.39, 0.29) is 0 Å². The van der Waals surface area contributed by atoms with Crippen LogP contribution in [0.2, 0.25) is 0 Å². The molecule has 0 spiro atoms. The molecule has 1 heterocycles. The maximum Gasteiger partial charge on any atom is 0.159 e. The summed E-state index contributed by atoms with van der Waals surface area (Å²) in [7, 11) is 1.68. The van der Waals surface area contributed by atoms with Crippen LogP contribution in [0.3, 0.4) is 0 Å². The predicted molar refractivity (Wildman–Crippen MR) is 78.6 cm³/mol. The van der Waals surface area contributed by atoms with Gasteiger partial charge in [0, 0.05) is 36.1 Å². The second-order valence-corrected chi connectivity index (χ2v) is 5.25. The monoisotopic (exact) mass is 269 g/mol. The first-order chi connectivity index (χ1) is 9.76. The zero-order chi connectivity index (χ0) is 13.9. The van der Waals surface area contributed by atoms with Gasteiger partial charge in [0.15, 0.2) is 5.82 Å². The summed E-state index contributed by atoms with van der Waals surface area (Å²) in [6, 6.07) is 6.70. The van der Waals surface area contributed by atoms with Crippen molar-refractivity contribution in [1.29, 1.82) is 0 Å². The summed E-state index contributed by atoms with van der Waals surface area (Å²) in [6.45, 7) is 2.88. The van der Waals surface area contributed by atoms with Crippen LogP contribution < -0.4 is 10.1 Å². The number of nitrogens with zero attached hydrogens (tertiary/aromatic N) is 2. The van der Waals surface area contributed by atoms with E-state index in [1.165, 1.54) is 12.8 Å². The fourth-order valence-corrected chi connectivity index (χ4v) is 2.16. The van der Waals surface area contributed by atoms with Gasteiger partial charge in [-0.1, -0.05) is 0 Å². The fraction of sp³-hybridized carbons (Fsp3) is 0.375. The lowest BCUT2D eigenvalue weighted by atomic mass is 10.1. The first kappa shape index (κ1) is 13.1. The van der Waals surface area contributed by atoms with Gasteiger partial charge >= 0.3 is 0 Å². The predicted octanol–water partition coefficient (Wildman–Crippen LogP) is 2.71. The highest BCUT2D eigenvalue weighted by Crippen LogP contribution is 2.24. The van der Waals surface area contributed by atoms with Gasteiger partial charge in [0.05, 0.1) is 7.11 Å². The standard InChI is InChI=1S/C16H19N3O/c1-11-7-13(3-6-15(11)20-2)16-18-9-12(10-19-16)8-17-14-4-5-14/h3,6-7,9-10,14,17H,4-5,8H2,1-2H3.